The van der Waals surface area contributed by atoms with Crippen LogP contribution in [0.2, 0.25) is 0 Å². The smallest absolute Gasteiger partial charge is 0.229 e. The predicted molar refractivity (Wildman–Crippen MR) is 134 cm³/mol. The SMILES string of the molecule is C[C@@H]1O[C@@H](O[C@@H]2CO[C@H](Oc3cc4oc(-c5ccc(O)c(O)c5)cc(=O)c4c(O)c3O)[C@H](O)[C@@H]2O)[C@H](O)[C@@H](O)[C@H]1O. The lowest BCUT2D eigenvalue weighted by Gasteiger charge is -2.43. The summed E-state index contributed by atoms with van der Waals surface area (Å²) in [5.41, 5.74) is -0.801. The third-order valence-corrected chi connectivity index (χ3v) is 6.99. The number of hydrogen-bond acceptors (Lipinski definition) is 15. The molecule has 2 aliphatic heterocycles. The predicted octanol–water partition coefficient (Wildman–Crippen LogP) is -1.05. The summed E-state index contributed by atoms with van der Waals surface area (Å²) in [5, 5.41) is 91.2. The summed E-state index contributed by atoms with van der Waals surface area (Å²) in [5.74, 6) is -3.20. The van der Waals surface area contributed by atoms with E-state index in [1.807, 2.05) is 0 Å². The second kappa shape index (κ2) is 11.0. The maximum atomic E-state index is 12.7. The van der Waals surface area contributed by atoms with E-state index in [1.165, 1.54) is 19.1 Å². The summed E-state index contributed by atoms with van der Waals surface area (Å²) in [6.07, 6.45) is -13.4. The van der Waals surface area contributed by atoms with Crippen LogP contribution in [0, 0.1) is 0 Å². The first-order valence-corrected chi connectivity index (χ1v) is 12.4. The normalized spacial score (nSPS) is 32.2. The van der Waals surface area contributed by atoms with E-state index in [4.69, 9.17) is 23.4 Å². The lowest BCUT2D eigenvalue weighted by Crippen LogP contribution is -2.61. The van der Waals surface area contributed by atoms with E-state index in [0.717, 1.165) is 18.2 Å². The minimum Gasteiger partial charge on any atom is -0.504 e. The summed E-state index contributed by atoms with van der Waals surface area (Å²) in [6.45, 7) is 1.01. The van der Waals surface area contributed by atoms with Crippen LogP contribution in [-0.2, 0) is 14.2 Å². The number of benzene rings is 2. The highest BCUT2D eigenvalue weighted by atomic mass is 16.7. The minimum absolute atomic E-state index is 0.0581. The van der Waals surface area contributed by atoms with Crippen molar-refractivity contribution in [2.75, 3.05) is 6.61 Å². The van der Waals surface area contributed by atoms with Crippen molar-refractivity contribution in [3.63, 3.8) is 0 Å². The van der Waals surface area contributed by atoms with E-state index in [2.05, 4.69) is 0 Å². The van der Waals surface area contributed by atoms with Gasteiger partial charge in [-0.25, -0.2) is 0 Å². The number of aliphatic hydroxyl groups is 5. The molecule has 15 nitrogen and oxygen atoms in total. The molecule has 0 saturated carbocycles. The van der Waals surface area contributed by atoms with E-state index >= 15 is 0 Å². The Morgan fingerprint density at radius 2 is 1.51 bits per heavy atom. The molecule has 0 spiro atoms. The number of rotatable bonds is 5. The maximum absolute atomic E-state index is 12.7. The zero-order chi connectivity index (χ0) is 29.7. The Balaban J connectivity index is 1.36. The molecule has 2 saturated heterocycles. The lowest BCUT2D eigenvalue weighted by atomic mass is 9.99. The van der Waals surface area contributed by atoms with Crippen LogP contribution < -0.4 is 10.2 Å². The molecule has 2 aromatic carbocycles. The molecule has 15 heteroatoms. The molecule has 222 valence electrons. The zero-order valence-electron chi connectivity index (χ0n) is 21.3. The molecule has 0 aliphatic carbocycles. The van der Waals surface area contributed by atoms with Crippen molar-refractivity contribution >= 4 is 11.0 Å². The fourth-order valence-corrected chi connectivity index (χ4v) is 4.59. The molecule has 0 amide bonds. The van der Waals surface area contributed by atoms with Crippen molar-refractivity contribution in [2.24, 2.45) is 0 Å². The van der Waals surface area contributed by atoms with Crippen molar-refractivity contribution in [3.05, 3.63) is 40.6 Å². The van der Waals surface area contributed by atoms with Crippen LogP contribution in [0.1, 0.15) is 6.92 Å². The molecule has 41 heavy (non-hydrogen) atoms. The van der Waals surface area contributed by atoms with Crippen molar-refractivity contribution in [1.82, 2.24) is 0 Å². The third-order valence-electron chi connectivity index (χ3n) is 6.99. The second-order valence-electron chi connectivity index (χ2n) is 9.78. The summed E-state index contributed by atoms with van der Waals surface area (Å²) in [7, 11) is 0. The van der Waals surface area contributed by atoms with Crippen molar-refractivity contribution in [3.8, 4) is 40.1 Å². The number of hydrogen-bond donors (Lipinski definition) is 9. The molecular formula is C26H28O15. The Morgan fingerprint density at radius 1 is 0.805 bits per heavy atom. The standard InChI is InChI=1S/C26H28O15/c1-8-18(30)22(34)24(36)26(38-8)41-16-7-37-25(23(35)20(16)32)40-15-6-14-17(21(33)19(15)31)12(29)5-13(39-14)9-2-3-10(27)11(28)4-9/h2-6,8,16,18,20,22-28,30-36H,7H2,1H3/t8-,16+,18-,20+,22-,23+,24+,25+,26-/m0/s1. The zero-order valence-corrected chi connectivity index (χ0v) is 21.3. The van der Waals surface area contributed by atoms with Gasteiger partial charge in [0.2, 0.25) is 12.0 Å². The van der Waals surface area contributed by atoms with Crippen LogP contribution in [0.5, 0.6) is 28.7 Å². The number of ether oxygens (including phenoxy) is 4. The van der Waals surface area contributed by atoms with Crippen LogP contribution in [0.4, 0.5) is 0 Å². The van der Waals surface area contributed by atoms with E-state index < -0.39 is 101 Å². The van der Waals surface area contributed by atoms with E-state index in [0.29, 0.717) is 0 Å². The molecule has 3 aromatic rings. The summed E-state index contributed by atoms with van der Waals surface area (Å²) in [4.78, 5) is 12.7. The van der Waals surface area contributed by atoms with Gasteiger partial charge in [0.15, 0.2) is 34.7 Å². The number of fused-ring (bicyclic) bond motifs is 1. The molecule has 9 N–H and O–H groups in total. The lowest BCUT2D eigenvalue weighted by molar-refractivity contribution is -0.333. The molecule has 0 bridgehead atoms. The van der Waals surface area contributed by atoms with Gasteiger partial charge in [-0.1, -0.05) is 0 Å². The topological polar surface area (TPSA) is 249 Å². The fourth-order valence-electron chi connectivity index (χ4n) is 4.59. The van der Waals surface area contributed by atoms with Gasteiger partial charge in [-0.05, 0) is 25.1 Å². The van der Waals surface area contributed by atoms with E-state index in [9.17, 15) is 50.8 Å². The van der Waals surface area contributed by atoms with Gasteiger partial charge in [0.1, 0.15) is 53.4 Å². The van der Waals surface area contributed by atoms with Gasteiger partial charge < -0.3 is 69.3 Å². The van der Waals surface area contributed by atoms with Crippen LogP contribution in [0.25, 0.3) is 22.3 Å². The van der Waals surface area contributed by atoms with Crippen LogP contribution in [-0.4, -0.2) is 108 Å². The number of aromatic hydroxyl groups is 4. The van der Waals surface area contributed by atoms with Crippen LogP contribution in [0.3, 0.4) is 0 Å². The molecule has 2 fully saturated rings. The van der Waals surface area contributed by atoms with Crippen molar-refractivity contribution in [1.29, 1.82) is 0 Å². The van der Waals surface area contributed by atoms with Gasteiger partial charge in [-0.3, -0.25) is 4.79 Å². The average Bonchev–Trinajstić information content (AvgIpc) is 2.93. The molecule has 0 radical (unpaired) electrons. The quantitative estimate of drug-likeness (QED) is 0.163. The first-order chi connectivity index (χ1) is 19.4. The monoisotopic (exact) mass is 580 g/mol. The highest BCUT2D eigenvalue weighted by Crippen LogP contribution is 2.43. The van der Waals surface area contributed by atoms with Crippen molar-refractivity contribution in [2.45, 2.75) is 62.2 Å². The molecule has 2 aliphatic rings. The molecule has 0 unspecified atom stereocenters. The van der Waals surface area contributed by atoms with E-state index in [1.54, 1.807) is 0 Å². The molecular weight excluding hydrogens is 552 g/mol. The number of phenols is 4. The molecule has 1 aromatic heterocycles. The fraction of sp³-hybridized carbons (Fsp3) is 0.423. The third kappa shape index (κ3) is 5.25. The average molecular weight is 580 g/mol. The summed E-state index contributed by atoms with van der Waals surface area (Å²) in [6, 6.07) is 5.73. The summed E-state index contributed by atoms with van der Waals surface area (Å²) < 4.78 is 27.4. The van der Waals surface area contributed by atoms with Crippen LogP contribution in [0.15, 0.2) is 39.5 Å². The minimum atomic E-state index is -1.81. The van der Waals surface area contributed by atoms with E-state index in [-0.39, 0.29) is 16.9 Å². The first-order valence-electron chi connectivity index (χ1n) is 12.4. The first kappa shape index (κ1) is 28.8. The van der Waals surface area contributed by atoms with Gasteiger partial charge in [0, 0.05) is 17.7 Å². The summed E-state index contributed by atoms with van der Waals surface area (Å²) >= 11 is 0. The van der Waals surface area contributed by atoms with Gasteiger partial charge in [0.05, 0.1) is 12.7 Å². The molecule has 5 rings (SSSR count). The largest absolute Gasteiger partial charge is 0.504 e. The Hall–Kier alpha value is -3.67. The Bertz CT molecular complexity index is 1490. The maximum Gasteiger partial charge on any atom is 0.229 e. The Morgan fingerprint density at radius 3 is 2.22 bits per heavy atom. The Labute approximate surface area is 230 Å². The second-order valence-corrected chi connectivity index (χ2v) is 9.78. The highest BCUT2D eigenvalue weighted by Gasteiger charge is 2.47. The van der Waals surface area contributed by atoms with Crippen molar-refractivity contribution < 1.29 is 69.3 Å². The molecule has 3 heterocycles. The number of aliphatic hydroxyl groups excluding tert-OH is 5. The Kier molecular flexibility index (Phi) is 7.71. The number of phenolic OH excluding ortho intramolecular Hbond substituents is 4. The van der Waals surface area contributed by atoms with Crippen LogP contribution >= 0.6 is 0 Å². The molecule has 9 atom stereocenters. The van der Waals surface area contributed by atoms with Gasteiger partial charge in [0.25, 0.3) is 0 Å². The van der Waals surface area contributed by atoms with Gasteiger partial charge in [-0.2, -0.15) is 0 Å². The van der Waals surface area contributed by atoms with Gasteiger partial charge in [-0.15, -0.1) is 0 Å². The highest BCUT2D eigenvalue weighted by molar-refractivity contribution is 5.89. The van der Waals surface area contributed by atoms with Gasteiger partial charge >= 0.3 is 0 Å².